The second kappa shape index (κ2) is 6.06. The van der Waals surface area contributed by atoms with Gasteiger partial charge >= 0.3 is 0 Å². The molecule has 4 heteroatoms. The molecule has 0 aromatic heterocycles. The highest BCUT2D eigenvalue weighted by Crippen LogP contribution is 2.25. The molecule has 0 bridgehead atoms. The van der Waals surface area contributed by atoms with E-state index in [2.05, 4.69) is 0 Å². The van der Waals surface area contributed by atoms with Crippen LogP contribution in [0.4, 0.5) is 0 Å². The minimum atomic E-state index is -0.100. The van der Waals surface area contributed by atoms with Gasteiger partial charge in [-0.05, 0) is 32.8 Å². The van der Waals surface area contributed by atoms with E-state index < -0.39 is 0 Å². The van der Waals surface area contributed by atoms with Gasteiger partial charge in [0.05, 0.1) is 0 Å². The predicted molar refractivity (Wildman–Crippen MR) is 75.1 cm³/mol. The van der Waals surface area contributed by atoms with Crippen LogP contribution >= 0.6 is 0 Å². The van der Waals surface area contributed by atoms with Gasteiger partial charge in [0.15, 0.2) is 6.61 Å². The first kappa shape index (κ1) is 13.9. The number of carbonyl (C=O) groups excluding carboxylic acids is 1. The van der Waals surface area contributed by atoms with Crippen molar-refractivity contribution in [3.8, 4) is 5.75 Å². The standard InChI is InChI=1S/C15H22N2O2/c1-11-5-6-14(13(9-11)12(2)16)19-10-15(18)17-7-3-4-8-17/h5-6,9,12H,3-4,7-8,10,16H2,1-2H3/t12-/m1/s1. The smallest absolute Gasteiger partial charge is 0.260 e. The number of nitrogens with zero attached hydrogens (tertiary/aromatic N) is 1. The molecule has 104 valence electrons. The first-order chi connectivity index (χ1) is 9.08. The maximum absolute atomic E-state index is 11.9. The molecule has 0 aliphatic carbocycles. The largest absolute Gasteiger partial charge is 0.483 e. The number of amides is 1. The molecule has 1 heterocycles. The molecular formula is C15H22N2O2. The van der Waals surface area contributed by atoms with E-state index in [0.717, 1.165) is 37.1 Å². The van der Waals surface area contributed by atoms with Crippen molar-refractivity contribution >= 4 is 5.91 Å². The molecule has 0 unspecified atom stereocenters. The molecule has 0 spiro atoms. The molecule has 1 aromatic carbocycles. The molecule has 1 aromatic rings. The van der Waals surface area contributed by atoms with E-state index in [1.54, 1.807) is 0 Å². The number of aryl methyl sites for hydroxylation is 1. The van der Waals surface area contributed by atoms with Crippen LogP contribution < -0.4 is 10.5 Å². The summed E-state index contributed by atoms with van der Waals surface area (Å²) in [4.78, 5) is 13.8. The summed E-state index contributed by atoms with van der Waals surface area (Å²) in [6.45, 7) is 5.75. The van der Waals surface area contributed by atoms with Crippen molar-refractivity contribution in [2.45, 2.75) is 32.7 Å². The Balaban J connectivity index is 2.00. The van der Waals surface area contributed by atoms with Crippen molar-refractivity contribution in [1.29, 1.82) is 0 Å². The predicted octanol–water partition coefficient (Wildman–Crippen LogP) is 2.02. The van der Waals surface area contributed by atoms with E-state index in [-0.39, 0.29) is 18.6 Å². The third-order valence-corrected chi connectivity index (χ3v) is 3.47. The third-order valence-electron chi connectivity index (χ3n) is 3.47. The third kappa shape index (κ3) is 3.47. The Morgan fingerprint density at radius 2 is 2.11 bits per heavy atom. The van der Waals surface area contributed by atoms with Crippen LogP contribution in [0.1, 0.15) is 36.9 Å². The summed E-state index contributed by atoms with van der Waals surface area (Å²) in [6, 6.07) is 5.78. The van der Waals surface area contributed by atoms with Crippen LogP contribution in [0, 0.1) is 6.92 Å². The van der Waals surface area contributed by atoms with Crippen LogP contribution in [0.25, 0.3) is 0 Å². The van der Waals surface area contributed by atoms with Crippen molar-refractivity contribution in [3.05, 3.63) is 29.3 Å². The normalized spacial score (nSPS) is 16.5. The van der Waals surface area contributed by atoms with E-state index in [4.69, 9.17) is 10.5 Å². The molecular weight excluding hydrogens is 240 g/mol. The Hall–Kier alpha value is -1.55. The van der Waals surface area contributed by atoms with E-state index in [1.165, 1.54) is 0 Å². The molecule has 1 atom stereocenters. The number of likely N-dealkylation sites (tertiary alicyclic amines) is 1. The molecule has 2 N–H and O–H groups in total. The van der Waals surface area contributed by atoms with Crippen molar-refractivity contribution in [2.24, 2.45) is 5.73 Å². The number of hydrogen-bond donors (Lipinski definition) is 1. The maximum atomic E-state index is 11.9. The fraction of sp³-hybridized carbons (Fsp3) is 0.533. The summed E-state index contributed by atoms with van der Waals surface area (Å²) in [7, 11) is 0. The van der Waals surface area contributed by atoms with E-state index >= 15 is 0 Å². The Labute approximate surface area is 114 Å². The average Bonchev–Trinajstić information content (AvgIpc) is 2.90. The number of hydrogen-bond acceptors (Lipinski definition) is 3. The van der Waals surface area contributed by atoms with Gasteiger partial charge in [-0.2, -0.15) is 0 Å². The Morgan fingerprint density at radius 1 is 1.42 bits per heavy atom. The van der Waals surface area contributed by atoms with E-state index in [0.29, 0.717) is 5.75 Å². The Bertz CT molecular complexity index is 451. The van der Waals surface area contributed by atoms with Gasteiger partial charge in [-0.15, -0.1) is 0 Å². The molecule has 4 nitrogen and oxygen atoms in total. The lowest BCUT2D eigenvalue weighted by molar-refractivity contribution is -0.132. The molecule has 1 aliphatic rings. The van der Waals surface area contributed by atoms with Gasteiger partial charge in [0.1, 0.15) is 5.75 Å². The fourth-order valence-corrected chi connectivity index (χ4v) is 2.35. The summed E-state index contributed by atoms with van der Waals surface area (Å²) in [6.07, 6.45) is 2.20. The van der Waals surface area contributed by atoms with Crippen molar-refractivity contribution in [2.75, 3.05) is 19.7 Å². The quantitative estimate of drug-likeness (QED) is 0.903. The highest BCUT2D eigenvalue weighted by Gasteiger charge is 2.19. The highest BCUT2D eigenvalue weighted by atomic mass is 16.5. The zero-order chi connectivity index (χ0) is 13.8. The Morgan fingerprint density at radius 3 is 2.74 bits per heavy atom. The maximum Gasteiger partial charge on any atom is 0.260 e. The second-order valence-electron chi connectivity index (χ2n) is 5.21. The van der Waals surface area contributed by atoms with Crippen molar-refractivity contribution in [3.63, 3.8) is 0 Å². The highest BCUT2D eigenvalue weighted by molar-refractivity contribution is 5.78. The summed E-state index contributed by atoms with van der Waals surface area (Å²) >= 11 is 0. The SMILES string of the molecule is Cc1ccc(OCC(=O)N2CCCC2)c([C@@H](C)N)c1. The van der Waals surface area contributed by atoms with Gasteiger partial charge in [0, 0.05) is 24.7 Å². The van der Waals surface area contributed by atoms with Crippen LogP contribution in [0.5, 0.6) is 5.75 Å². The molecule has 0 radical (unpaired) electrons. The van der Waals surface area contributed by atoms with Gasteiger partial charge in [0.2, 0.25) is 0 Å². The van der Waals surface area contributed by atoms with Gasteiger partial charge in [-0.1, -0.05) is 17.7 Å². The summed E-state index contributed by atoms with van der Waals surface area (Å²) < 4.78 is 5.66. The minimum absolute atomic E-state index is 0.0636. The number of carbonyl (C=O) groups is 1. The minimum Gasteiger partial charge on any atom is -0.483 e. The zero-order valence-corrected chi connectivity index (χ0v) is 11.7. The topological polar surface area (TPSA) is 55.6 Å². The molecule has 1 aliphatic heterocycles. The molecule has 2 rings (SSSR count). The number of rotatable bonds is 4. The van der Waals surface area contributed by atoms with Crippen LogP contribution in [0.15, 0.2) is 18.2 Å². The lowest BCUT2D eigenvalue weighted by Crippen LogP contribution is -2.32. The number of benzene rings is 1. The zero-order valence-electron chi connectivity index (χ0n) is 11.7. The lowest BCUT2D eigenvalue weighted by atomic mass is 10.1. The van der Waals surface area contributed by atoms with Crippen LogP contribution in [-0.2, 0) is 4.79 Å². The van der Waals surface area contributed by atoms with Gasteiger partial charge in [0.25, 0.3) is 5.91 Å². The summed E-state index contributed by atoms with van der Waals surface area (Å²) in [5, 5.41) is 0. The number of ether oxygens (including phenoxy) is 1. The monoisotopic (exact) mass is 262 g/mol. The molecule has 0 saturated carbocycles. The van der Waals surface area contributed by atoms with Gasteiger partial charge in [-0.25, -0.2) is 0 Å². The molecule has 19 heavy (non-hydrogen) atoms. The molecule has 1 fully saturated rings. The Kier molecular flexibility index (Phi) is 4.43. The first-order valence-electron chi connectivity index (χ1n) is 6.84. The van der Waals surface area contributed by atoms with Crippen molar-refractivity contribution in [1.82, 2.24) is 4.90 Å². The summed E-state index contributed by atoms with van der Waals surface area (Å²) in [5.41, 5.74) is 8.03. The fourth-order valence-electron chi connectivity index (χ4n) is 2.35. The van der Waals surface area contributed by atoms with Crippen LogP contribution in [0.3, 0.4) is 0 Å². The first-order valence-corrected chi connectivity index (χ1v) is 6.84. The van der Waals surface area contributed by atoms with E-state index in [9.17, 15) is 4.79 Å². The second-order valence-corrected chi connectivity index (χ2v) is 5.21. The lowest BCUT2D eigenvalue weighted by Gasteiger charge is -2.18. The van der Waals surface area contributed by atoms with Crippen LogP contribution in [-0.4, -0.2) is 30.5 Å². The summed E-state index contributed by atoms with van der Waals surface area (Å²) in [5.74, 6) is 0.779. The average molecular weight is 262 g/mol. The van der Waals surface area contributed by atoms with Crippen LogP contribution in [0.2, 0.25) is 0 Å². The van der Waals surface area contributed by atoms with Crippen molar-refractivity contribution < 1.29 is 9.53 Å². The van der Waals surface area contributed by atoms with E-state index in [1.807, 2.05) is 36.9 Å². The molecule has 1 saturated heterocycles. The van der Waals surface area contributed by atoms with Gasteiger partial charge in [-0.3, -0.25) is 4.79 Å². The van der Waals surface area contributed by atoms with Gasteiger partial charge < -0.3 is 15.4 Å². The number of nitrogens with two attached hydrogens (primary N) is 1. The molecule has 1 amide bonds.